The van der Waals surface area contributed by atoms with Crippen LogP contribution < -0.4 is 0 Å². The summed E-state index contributed by atoms with van der Waals surface area (Å²) in [6.45, 7) is 4.48. The van der Waals surface area contributed by atoms with Gasteiger partial charge in [0.15, 0.2) is 0 Å². The Morgan fingerprint density at radius 2 is 2.11 bits per heavy atom. The van der Waals surface area contributed by atoms with Crippen LogP contribution >= 0.6 is 0 Å². The number of imidazole rings is 1. The van der Waals surface area contributed by atoms with Crippen LogP contribution in [-0.2, 0) is 22.6 Å². The summed E-state index contributed by atoms with van der Waals surface area (Å²) in [5, 5.41) is 0. The third-order valence-corrected chi connectivity index (χ3v) is 5.11. The number of carbonyl (C=O) groups is 1. The van der Waals surface area contributed by atoms with Gasteiger partial charge in [0, 0.05) is 44.5 Å². The van der Waals surface area contributed by atoms with E-state index < -0.39 is 0 Å². The van der Waals surface area contributed by atoms with Crippen molar-refractivity contribution in [3.05, 3.63) is 83.7 Å². The molecule has 0 spiro atoms. The first-order chi connectivity index (χ1) is 13.8. The number of hydrogen-bond acceptors (Lipinski definition) is 4. The maximum absolute atomic E-state index is 12.6. The van der Waals surface area contributed by atoms with Crippen LogP contribution in [0.15, 0.2) is 61.2 Å². The van der Waals surface area contributed by atoms with E-state index in [1.165, 1.54) is 11.1 Å². The summed E-state index contributed by atoms with van der Waals surface area (Å²) in [7, 11) is 0. The van der Waals surface area contributed by atoms with E-state index >= 15 is 0 Å². The van der Waals surface area contributed by atoms with Crippen molar-refractivity contribution in [3.8, 4) is 0 Å². The highest BCUT2D eigenvalue weighted by Crippen LogP contribution is 2.33. The van der Waals surface area contributed by atoms with Crippen molar-refractivity contribution >= 4 is 5.91 Å². The molecule has 0 saturated carbocycles. The Kier molecular flexibility index (Phi) is 5.48. The van der Waals surface area contributed by atoms with Crippen LogP contribution in [0.4, 0.5) is 0 Å². The van der Waals surface area contributed by atoms with Gasteiger partial charge in [-0.3, -0.25) is 9.78 Å². The summed E-state index contributed by atoms with van der Waals surface area (Å²) in [5.74, 6) is 1.01. The molecule has 4 rings (SSSR count). The number of fused-ring (bicyclic) bond motifs is 1. The van der Waals surface area contributed by atoms with Crippen LogP contribution in [-0.4, -0.2) is 45.1 Å². The van der Waals surface area contributed by atoms with Gasteiger partial charge in [0.2, 0.25) is 5.91 Å². The van der Waals surface area contributed by atoms with Crippen LogP contribution in [0, 0.1) is 0 Å². The molecule has 0 bridgehead atoms. The fourth-order valence-electron chi connectivity index (χ4n) is 3.75. The topological polar surface area (TPSA) is 60.2 Å². The molecule has 0 radical (unpaired) electrons. The molecule has 1 atom stereocenters. The molecule has 1 aromatic carbocycles. The Bertz CT molecular complexity index is 938. The molecule has 6 heteroatoms. The summed E-state index contributed by atoms with van der Waals surface area (Å²) in [4.78, 5) is 23.4. The Labute approximate surface area is 164 Å². The van der Waals surface area contributed by atoms with Crippen molar-refractivity contribution < 1.29 is 9.53 Å². The first-order valence-electron chi connectivity index (χ1n) is 9.59. The van der Waals surface area contributed by atoms with E-state index in [0.29, 0.717) is 26.2 Å². The number of nitrogens with zero attached hydrogens (tertiary/aromatic N) is 4. The Morgan fingerprint density at radius 3 is 2.93 bits per heavy atom. The fraction of sp³-hybridized carbons (Fsp3) is 0.318. The van der Waals surface area contributed by atoms with Gasteiger partial charge >= 0.3 is 0 Å². The number of aromatic nitrogens is 3. The van der Waals surface area contributed by atoms with E-state index in [2.05, 4.69) is 38.8 Å². The van der Waals surface area contributed by atoms with Gasteiger partial charge < -0.3 is 14.2 Å². The molecule has 0 saturated heterocycles. The molecule has 1 amide bonds. The van der Waals surface area contributed by atoms with Crippen molar-refractivity contribution in [2.75, 3.05) is 19.8 Å². The number of pyridine rings is 1. The minimum absolute atomic E-state index is 0.0201. The van der Waals surface area contributed by atoms with Crippen molar-refractivity contribution in [1.82, 2.24) is 19.4 Å². The maximum Gasteiger partial charge on any atom is 0.248 e. The first-order valence-corrected chi connectivity index (χ1v) is 9.59. The van der Waals surface area contributed by atoms with E-state index in [4.69, 9.17) is 4.74 Å². The number of rotatable bonds is 6. The van der Waals surface area contributed by atoms with Crippen molar-refractivity contribution in [2.45, 2.75) is 25.9 Å². The number of hydrogen-bond donors (Lipinski definition) is 0. The number of carbonyl (C=O) groups excluding carboxylic acids is 1. The molecule has 3 heterocycles. The fourth-order valence-corrected chi connectivity index (χ4v) is 3.75. The molecular weight excluding hydrogens is 352 g/mol. The van der Waals surface area contributed by atoms with E-state index in [-0.39, 0.29) is 18.4 Å². The second-order valence-electron chi connectivity index (χ2n) is 6.94. The zero-order valence-corrected chi connectivity index (χ0v) is 16.0. The SMILES string of the molecule is CCOCC(=O)N1Cc2ccccc2C(c2nccn2Cc2cccnc2)C1. The highest BCUT2D eigenvalue weighted by atomic mass is 16.5. The lowest BCUT2D eigenvalue weighted by Gasteiger charge is -2.34. The lowest BCUT2D eigenvalue weighted by atomic mass is 9.89. The third-order valence-electron chi connectivity index (χ3n) is 5.11. The van der Waals surface area contributed by atoms with Gasteiger partial charge in [-0.2, -0.15) is 0 Å². The third kappa shape index (κ3) is 3.82. The normalized spacial score (nSPS) is 16.0. The zero-order chi connectivity index (χ0) is 19.3. The van der Waals surface area contributed by atoms with Gasteiger partial charge in [0.05, 0.1) is 12.5 Å². The molecule has 0 fully saturated rings. The molecule has 1 unspecified atom stereocenters. The van der Waals surface area contributed by atoms with Crippen LogP contribution in [0.5, 0.6) is 0 Å². The second-order valence-corrected chi connectivity index (χ2v) is 6.94. The number of amides is 1. The van der Waals surface area contributed by atoms with Crippen molar-refractivity contribution in [1.29, 1.82) is 0 Å². The highest BCUT2D eigenvalue weighted by molar-refractivity contribution is 5.78. The van der Waals surface area contributed by atoms with Crippen LogP contribution in [0.25, 0.3) is 0 Å². The molecule has 144 valence electrons. The quantitative estimate of drug-likeness (QED) is 0.664. The first kappa shape index (κ1) is 18.4. The average molecular weight is 376 g/mol. The minimum Gasteiger partial charge on any atom is -0.372 e. The van der Waals surface area contributed by atoms with E-state index in [9.17, 15) is 4.79 Å². The van der Waals surface area contributed by atoms with Gasteiger partial charge in [-0.05, 0) is 29.7 Å². The summed E-state index contributed by atoms with van der Waals surface area (Å²) in [6.07, 6.45) is 7.47. The van der Waals surface area contributed by atoms with Gasteiger partial charge in [-0.1, -0.05) is 30.3 Å². The predicted octanol–water partition coefficient (Wildman–Crippen LogP) is 2.84. The molecule has 1 aliphatic heterocycles. The zero-order valence-electron chi connectivity index (χ0n) is 16.0. The molecule has 3 aromatic rings. The largest absolute Gasteiger partial charge is 0.372 e. The molecular formula is C22H24N4O2. The average Bonchev–Trinajstić information content (AvgIpc) is 3.19. The van der Waals surface area contributed by atoms with Crippen LogP contribution in [0.3, 0.4) is 0 Å². The number of ether oxygens (including phenoxy) is 1. The van der Waals surface area contributed by atoms with E-state index in [1.54, 1.807) is 6.20 Å². The summed E-state index contributed by atoms with van der Waals surface area (Å²) in [6, 6.07) is 12.3. The van der Waals surface area contributed by atoms with E-state index in [1.807, 2.05) is 42.5 Å². The summed E-state index contributed by atoms with van der Waals surface area (Å²) < 4.78 is 7.49. The van der Waals surface area contributed by atoms with Gasteiger partial charge in [-0.25, -0.2) is 4.98 Å². The second kappa shape index (κ2) is 8.35. The van der Waals surface area contributed by atoms with Gasteiger partial charge in [-0.15, -0.1) is 0 Å². The molecule has 0 N–H and O–H groups in total. The summed E-state index contributed by atoms with van der Waals surface area (Å²) >= 11 is 0. The standard InChI is InChI=1S/C22H24N4O2/c1-2-28-16-21(27)26-14-18-7-3-4-8-19(18)20(15-26)22-24-10-11-25(22)13-17-6-5-9-23-12-17/h3-12,20H,2,13-16H2,1H3. The Balaban J connectivity index is 1.65. The molecule has 0 aliphatic carbocycles. The predicted molar refractivity (Wildman–Crippen MR) is 106 cm³/mol. The minimum atomic E-state index is 0.0201. The number of benzene rings is 1. The molecule has 1 aliphatic rings. The lowest BCUT2D eigenvalue weighted by molar-refractivity contribution is -0.137. The van der Waals surface area contributed by atoms with Gasteiger partial charge in [0.1, 0.15) is 12.4 Å². The van der Waals surface area contributed by atoms with E-state index in [0.717, 1.165) is 11.4 Å². The highest BCUT2D eigenvalue weighted by Gasteiger charge is 2.31. The van der Waals surface area contributed by atoms with Crippen LogP contribution in [0.1, 0.15) is 35.4 Å². The van der Waals surface area contributed by atoms with Crippen molar-refractivity contribution in [2.24, 2.45) is 0 Å². The molecule has 28 heavy (non-hydrogen) atoms. The lowest BCUT2D eigenvalue weighted by Crippen LogP contribution is -2.41. The van der Waals surface area contributed by atoms with Gasteiger partial charge in [0.25, 0.3) is 0 Å². The van der Waals surface area contributed by atoms with Crippen LogP contribution in [0.2, 0.25) is 0 Å². The Morgan fingerprint density at radius 1 is 1.21 bits per heavy atom. The smallest absolute Gasteiger partial charge is 0.248 e. The van der Waals surface area contributed by atoms with Crippen molar-refractivity contribution in [3.63, 3.8) is 0 Å². The Hall–Kier alpha value is -2.99. The molecule has 6 nitrogen and oxygen atoms in total. The maximum atomic E-state index is 12.6. The summed E-state index contributed by atoms with van der Waals surface area (Å²) in [5.41, 5.74) is 3.52. The molecule has 2 aromatic heterocycles. The monoisotopic (exact) mass is 376 g/mol.